The Hall–Kier alpha value is -8.72. The highest BCUT2D eigenvalue weighted by Crippen LogP contribution is 2.27. The summed E-state index contributed by atoms with van der Waals surface area (Å²) >= 11 is 0. The minimum atomic E-state index is -1.13. The monoisotopic (exact) mass is 1110 g/mol. The Kier molecular flexibility index (Phi) is 21.4. The van der Waals surface area contributed by atoms with E-state index in [0.717, 1.165) is 95.1 Å². The molecule has 3 fully saturated rings. The second-order valence-electron chi connectivity index (χ2n) is 20.5. The zero-order valence-electron chi connectivity index (χ0n) is 45.8. The third kappa shape index (κ3) is 17.9. The van der Waals surface area contributed by atoms with Gasteiger partial charge in [-0.2, -0.15) is 0 Å². The highest BCUT2D eigenvalue weighted by atomic mass is 19.2. The minimum absolute atomic E-state index is 0.0142. The topological polar surface area (TPSA) is 227 Å². The molecule has 0 saturated carbocycles. The first-order valence-corrected chi connectivity index (χ1v) is 26.9. The number of benzene rings is 6. The second-order valence-corrected chi connectivity index (χ2v) is 20.5. The summed E-state index contributed by atoms with van der Waals surface area (Å²) in [5.74, 6) is -1.77. The first-order valence-electron chi connectivity index (χ1n) is 26.9. The van der Waals surface area contributed by atoms with Gasteiger partial charge >= 0.3 is 18.1 Å². The number of carbonyl (C=O) groups excluding carboxylic acids is 6. The molecule has 6 aromatic rings. The van der Waals surface area contributed by atoms with Crippen LogP contribution >= 0.6 is 0 Å². The van der Waals surface area contributed by atoms with Gasteiger partial charge in [0, 0.05) is 75.0 Å². The molecule has 9 rings (SSSR count). The molecule has 6 amide bonds. The molecule has 6 N–H and O–H groups in total. The molecule has 3 aliphatic rings. The lowest BCUT2D eigenvalue weighted by Crippen LogP contribution is -2.33. The van der Waals surface area contributed by atoms with Crippen LogP contribution in [0.15, 0.2) is 140 Å². The van der Waals surface area contributed by atoms with Crippen molar-refractivity contribution in [3.05, 3.63) is 184 Å². The van der Waals surface area contributed by atoms with Crippen LogP contribution in [0.4, 0.5) is 63.0 Å². The number of likely N-dealkylation sites (tertiary alicyclic amines) is 3. The van der Waals surface area contributed by atoms with Gasteiger partial charge in [0.15, 0.2) is 29.0 Å². The first-order chi connectivity index (χ1) is 38.9. The van der Waals surface area contributed by atoms with Crippen molar-refractivity contribution in [2.45, 2.75) is 45.4 Å². The van der Waals surface area contributed by atoms with E-state index >= 15 is 0 Å². The molecule has 3 aliphatic heterocycles. The van der Waals surface area contributed by atoms with E-state index in [9.17, 15) is 47.7 Å². The number of piperidine rings is 3. The average Bonchev–Trinajstić information content (AvgIpc) is 3.46. The van der Waals surface area contributed by atoms with Gasteiger partial charge in [-0.3, -0.25) is 24.5 Å². The van der Waals surface area contributed by atoms with Gasteiger partial charge in [-0.25, -0.2) is 23.2 Å². The van der Waals surface area contributed by atoms with Gasteiger partial charge in [0.2, 0.25) is 0 Å². The summed E-state index contributed by atoms with van der Waals surface area (Å²) in [6.45, 7) is 7.43. The van der Waals surface area contributed by atoms with Gasteiger partial charge in [-0.05, 0) is 178 Å². The fraction of sp³-hybridized carbons (Fsp3) is 0.311. The minimum Gasteiger partial charge on any atom is -0.308 e. The molecular weight excluding hydrogens is 1040 g/mol. The van der Waals surface area contributed by atoms with Crippen molar-refractivity contribution < 1.29 is 42.5 Å². The van der Waals surface area contributed by atoms with E-state index in [1.165, 1.54) is 36.4 Å². The zero-order chi connectivity index (χ0) is 58.0. The fourth-order valence-corrected chi connectivity index (χ4v) is 9.61. The Morgan fingerprint density at radius 2 is 0.790 bits per heavy atom. The van der Waals surface area contributed by atoms with Crippen LogP contribution in [0.3, 0.4) is 0 Å². The molecule has 3 saturated heterocycles. The number of halogens is 2. The van der Waals surface area contributed by atoms with Crippen LogP contribution in [0, 0.1) is 46.4 Å². The van der Waals surface area contributed by atoms with Crippen molar-refractivity contribution in [3.8, 4) is 0 Å². The third-order valence-electron chi connectivity index (χ3n) is 14.4. The molecule has 3 heterocycles. The Balaban J connectivity index is 0.000000175. The van der Waals surface area contributed by atoms with Crippen LogP contribution in [0.5, 0.6) is 0 Å². The second kappa shape index (κ2) is 28.9. The molecule has 20 heteroatoms. The maximum Gasteiger partial charge on any atom is 0.323 e. The Bertz CT molecular complexity index is 3190. The third-order valence-corrected chi connectivity index (χ3v) is 14.4. The van der Waals surface area contributed by atoms with Crippen molar-refractivity contribution >= 4 is 75.3 Å². The molecule has 424 valence electrons. The molecule has 0 spiro atoms. The van der Waals surface area contributed by atoms with Gasteiger partial charge in [0.1, 0.15) is 0 Å². The SMILES string of the molecule is CN1CCC(C(=O)c2cccc(NC(=O)Nc3ccc([N+](=O)[O-])cc3)c2)CC1.CN1CCC(C(=O)c2cccc(NC(=O)Nc3cccc(F)c3F)c2)CC1.Cc1ccccc1NC(=O)Nc1cccc(C(=O)C2CCN(C)CC2)c1. The van der Waals surface area contributed by atoms with E-state index in [1.54, 1.807) is 60.7 Å². The molecule has 0 radical (unpaired) electrons. The number of nitrogens with one attached hydrogen (secondary N) is 6. The Morgan fingerprint density at radius 1 is 0.444 bits per heavy atom. The number of amides is 6. The number of para-hydroxylation sites is 1. The molecule has 6 aromatic carbocycles. The molecule has 0 aromatic heterocycles. The summed E-state index contributed by atoms with van der Waals surface area (Å²) in [4.78, 5) is 91.4. The maximum absolute atomic E-state index is 13.6. The normalized spacial score (nSPS) is 15.3. The van der Waals surface area contributed by atoms with Crippen LogP contribution in [-0.4, -0.2) is 115 Å². The van der Waals surface area contributed by atoms with E-state index in [2.05, 4.69) is 60.7 Å². The van der Waals surface area contributed by atoms with E-state index in [0.29, 0.717) is 39.4 Å². The largest absolute Gasteiger partial charge is 0.323 e. The van der Waals surface area contributed by atoms with Crippen LogP contribution in [0.25, 0.3) is 0 Å². The summed E-state index contributed by atoms with van der Waals surface area (Å²) < 4.78 is 26.9. The number of non-ortho nitro benzene ring substituents is 1. The number of hydrogen-bond donors (Lipinski definition) is 6. The van der Waals surface area contributed by atoms with Crippen molar-refractivity contribution in [3.63, 3.8) is 0 Å². The van der Waals surface area contributed by atoms with Crippen LogP contribution in [-0.2, 0) is 0 Å². The smallest absolute Gasteiger partial charge is 0.308 e. The molecule has 81 heavy (non-hydrogen) atoms. The van der Waals surface area contributed by atoms with Crippen molar-refractivity contribution in [1.82, 2.24) is 14.7 Å². The van der Waals surface area contributed by atoms with E-state index < -0.39 is 28.6 Å². The molecule has 18 nitrogen and oxygen atoms in total. The molecule has 0 atom stereocenters. The quantitative estimate of drug-likeness (QED) is 0.0362. The lowest BCUT2D eigenvalue weighted by molar-refractivity contribution is -0.384. The van der Waals surface area contributed by atoms with Crippen molar-refractivity contribution in [1.29, 1.82) is 0 Å². The van der Waals surface area contributed by atoms with Crippen LogP contribution in [0.1, 0.15) is 75.2 Å². The number of nitro groups is 1. The fourth-order valence-electron chi connectivity index (χ4n) is 9.61. The molecular formula is C61H68F2N10O8. The number of urea groups is 3. The molecule has 0 unspecified atom stereocenters. The number of ketones is 3. The van der Waals surface area contributed by atoms with Gasteiger partial charge in [0.25, 0.3) is 5.69 Å². The van der Waals surface area contributed by atoms with E-state index in [1.807, 2.05) is 50.4 Å². The van der Waals surface area contributed by atoms with Gasteiger partial charge in [-0.1, -0.05) is 60.7 Å². The van der Waals surface area contributed by atoms with Gasteiger partial charge in [0.05, 0.1) is 10.6 Å². The Labute approximate surface area is 469 Å². The van der Waals surface area contributed by atoms with Crippen molar-refractivity contribution in [2.24, 2.45) is 17.8 Å². The number of Topliss-reactive ketones (excluding diaryl/α,β-unsaturated/α-hetero) is 3. The van der Waals surface area contributed by atoms with E-state index in [-0.39, 0.29) is 52.5 Å². The summed E-state index contributed by atoms with van der Waals surface area (Å²) in [7, 11) is 6.17. The summed E-state index contributed by atoms with van der Waals surface area (Å²) in [6, 6.07) is 35.9. The lowest BCUT2D eigenvalue weighted by Gasteiger charge is -2.28. The average molecular weight is 1110 g/mol. The van der Waals surface area contributed by atoms with Gasteiger partial charge < -0.3 is 46.6 Å². The van der Waals surface area contributed by atoms with Gasteiger partial charge in [-0.15, -0.1) is 0 Å². The van der Waals surface area contributed by atoms with E-state index in [4.69, 9.17) is 0 Å². The number of aryl methyl sites for hydroxylation is 1. The zero-order valence-corrected chi connectivity index (χ0v) is 45.8. The standard InChI is InChI=1S/C21H25N3O2.C20H21F2N3O2.C20H22N4O4/c1-15-6-3-4-9-19(15)23-21(26)22-18-8-5-7-17(14-18)20(25)16-10-12-24(2)13-11-16;1-25-10-8-13(9-11-25)19(26)14-4-2-5-15(12-14)23-20(27)24-17-7-3-6-16(21)18(17)22;1-23-11-9-14(10-12-23)19(25)15-3-2-4-17(13-15)22-20(26)21-16-5-7-18(8-6-16)24(27)28/h3-9,14,16H,10-13H2,1-2H3,(H2,22,23,26);2-7,12-13H,8-11H2,1H3,(H2,23,24,27);2-8,13-14H,9-12H2,1H3,(H2,21,22,26). The number of hydrogen-bond acceptors (Lipinski definition) is 11. The number of nitro benzene ring substituents is 1. The Morgan fingerprint density at radius 3 is 1.19 bits per heavy atom. The lowest BCUT2D eigenvalue weighted by atomic mass is 9.89. The van der Waals surface area contributed by atoms with Crippen molar-refractivity contribution in [2.75, 3.05) is 92.3 Å². The predicted octanol–water partition coefficient (Wildman–Crippen LogP) is 12.1. The number of carbonyl (C=O) groups is 6. The molecule has 0 bridgehead atoms. The van der Waals surface area contributed by atoms with Crippen LogP contribution < -0.4 is 31.9 Å². The first kappa shape index (κ1) is 59.9. The summed E-state index contributed by atoms with van der Waals surface area (Å²) in [6.07, 6.45) is 5.08. The predicted molar refractivity (Wildman–Crippen MR) is 312 cm³/mol. The summed E-state index contributed by atoms with van der Waals surface area (Å²) in [5, 5.41) is 26.4. The van der Waals surface area contributed by atoms with Crippen LogP contribution in [0.2, 0.25) is 0 Å². The number of nitrogens with zero attached hydrogens (tertiary/aromatic N) is 4. The maximum atomic E-state index is 13.6. The highest BCUT2D eigenvalue weighted by Gasteiger charge is 2.27. The number of anilines is 6. The summed E-state index contributed by atoms with van der Waals surface area (Å²) in [5.41, 5.74) is 5.20. The number of rotatable bonds is 13. The molecule has 0 aliphatic carbocycles. The highest BCUT2D eigenvalue weighted by molar-refractivity contribution is 6.05.